The van der Waals surface area contributed by atoms with Crippen molar-refractivity contribution in [3.63, 3.8) is 0 Å². The third-order valence-electron chi connectivity index (χ3n) is 6.15. The van der Waals surface area contributed by atoms with Crippen LogP contribution >= 0.6 is 0 Å². The first-order valence-electron chi connectivity index (χ1n) is 8.46. The Labute approximate surface area is 126 Å². The Morgan fingerprint density at radius 3 is 2.00 bits per heavy atom. The number of amides is 1. The van der Waals surface area contributed by atoms with Gasteiger partial charge in [-0.15, -0.1) is 0 Å². The van der Waals surface area contributed by atoms with E-state index in [1.54, 1.807) is 0 Å². The second-order valence-corrected chi connectivity index (χ2v) is 7.89. The summed E-state index contributed by atoms with van der Waals surface area (Å²) in [5, 5.41) is 12.2. The van der Waals surface area contributed by atoms with E-state index in [9.17, 15) is 14.7 Å². The highest BCUT2D eigenvalue weighted by molar-refractivity contribution is 5.80. The van der Waals surface area contributed by atoms with Crippen molar-refractivity contribution in [2.45, 2.75) is 46.0 Å². The lowest BCUT2D eigenvalue weighted by Gasteiger charge is -2.53. The summed E-state index contributed by atoms with van der Waals surface area (Å²) >= 11 is 0. The maximum Gasteiger partial charge on any atom is 0.308 e. The van der Waals surface area contributed by atoms with Crippen molar-refractivity contribution in [2.75, 3.05) is 6.54 Å². The molecule has 4 bridgehead atoms. The highest BCUT2D eigenvalue weighted by atomic mass is 16.4. The molecule has 0 spiro atoms. The number of carbonyl (C=O) groups is 2. The average molecular weight is 293 g/mol. The molecule has 118 valence electrons. The van der Waals surface area contributed by atoms with Gasteiger partial charge in [-0.2, -0.15) is 0 Å². The molecule has 1 unspecified atom stereocenters. The Morgan fingerprint density at radius 1 is 1.05 bits per heavy atom. The predicted octanol–water partition coefficient (Wildman–Crippen LogP) is 2.53. The molecule has 0 aromatic heterocycles. The monoisotopic (exact) mass is 293 g/mol. The first-order chi connectivity index (χ1) is 9.95. The zero-order valence-electron chi connectivity index (χ0n) is 13.0. The van der Waals surface area contributed by atoms with E-state index in [0.717, 1.165) is 11.8 Å². The third kappa shape index (κ3) is 2.82. The van der Waals surface area contributed by atoms with Gasteiger partial charge in [-0.05, 0) is 61.7 Å². The van der Waals surface area contributed by atoms with Crippen LogP contribution in [-0.2, 0) is 9.59 Å². The summed E-state index contributed by atoms with van der Waals surface area (Å²) in [5.74, 6) is 1.86. The fourth-order valence-electron chi connectivity index (χ4n) is 5.29. The largest absolute Gasteiger partial charge is 0.481 e. The predicted molar refractivity (Wildman–Crippen MR) is 79.5 cm³/mol. The maximum absolute atomic E-state index is 12.6. The lowest BCUT2D eigenvalue weighted by molar-refractivity contribution is -0.144. The summed E-state index contributed by atoms with van der Waals surface area (Å²) in [4.78, 5) is 23.8. The summed E-state index contributed by atoms with van der Waals surface area (Å²) in [7, 11) is 0. The van der Waals surface area contributed by atoms with Gasteiger partial charge in [0.05, 0.1) is 5.92 Å². The first kappa shape index (κ1) is 14.9. The normalized spacial score (nSPS) is 38.5. The van der Waals surface area contributed by atoms with Gasteiger partial charge in [-0.3, -0.25) is 9.59 Å². The first-order valence-corrected chi connectivity index (χ1v) is 8.46. The van der Waals surface area contributed by atoms with Gasteiger partial charge in [0.15, 0.2) is 0 Å². The quantitative estimate of drug-likeness (QED) is 0.818. The van der Waals surface area contributed by atoms with Gasteiger partial charge in [0.2, 0.25) is 5.91 Å². The van der Waals surface area contributed by atoms with E-state index < -0.39 is 11.9 Å². The van der Waals surface area contributed by atoms with Crippen molar-refractivity contribution in [3.05, 3.63) is 0 Å². The summed E-state index contributed by atoms with van der Waals surface area (Å²) in [5.41, 5.74) is 0. The van der Waals surface area contributed by atoms with Gasteiger partial charge in [0.25, 0.3) is 0 Å². The Bertz CT molecular complexity index is 404. The number of hydrogen-bond donors (Lipinski definition) is 2. The Morgan fingerprint density at radius 2 is 1.57 bits per heavy atom. The van der Waals surface area contributed by atoms with E-state index in [4.69, 9.17) is 0 Å². The molecule has 2 N–H and O–H groups in total. The zero-order chi connectivity index (χ0) is 15.1. The van der Waals surface area contributed by atoms with Crippen LogP contribution < -0.4 is 5.32 Å². The highest BCUT2D eigenvalue weighted by Crippen LogP contribution is 2.56. The Hall–Kier alpha value is -1.06. The molecule has 4 heteroatoms. The van der Waals surface area contributed by atoms with Crippen molar-refractivity contribution in [3.8, 4) is 0 Å². The molecule has 0 heterocycles. The third-order valence-corrected chi connectivity index (χ3v) is 6.15. The van der Waals surface area contributed by atoms with Crippen LogP contribution in [0.1, 0.15) is 46.0 Å². The molecule has 4 fully saturated rings. The minimum absolute atomic E-state index is 0.0429. The van der Waals surface area contributed by atoms with Crippen molar-refractivity contribution >= 4 is 11.9 Å². The lowest BCUT2D eigenvalue weighted by atomic mass is 9.51. The van der Waals surface area contributed by atoms with E-state index in [-0.39, 0.29) is 24.3 Å². The maximum atomic E-state index is 12.6. The number of hydrogen-bond acceptors (Lipinski definition) is 2. The van der Waals surface area contributed by atoms with E-state index in [1.807, 2.05) is 13.8 Å². The van der Waals surface area contributed by atoms with Gasteiger partial charge in [0, 0.05) is 12.5 Å². The summed E-state index contributed by atoms with van der Waals surface area (Å²) < 4.78 is 0. The number of carbonyl (C=O) groups excluding carboxylic acids is 1. The van der Waals surface area contributed by atoms with Crippen molar-refractivity contribution in [2.24, 2.45) is 41.4 Å². The Balaban J connectivity index is 1.60. The molecule has 4 saturated carbocycles. The van der Waals surface area contributed by atoms with Gasteiger partial charge in [0.1, 0.15) is 0 Å². The SMILES string of the molecule is CC(C)C(CNC(=O)C1C2CC3CC(C2)CC1C3)C(=O)O. The molecule has 4 nitrogen and oxygen atoms in total. The van der Waals surface area contributed by atoms with Crippen LogP contribution in [0.25, 0.3) is 0 Å². The zero-order valence-corrected chi connectivity index (χ0v) is 13.0. The van der Waals surface area contributed by atoms with Crippen molar-refractivity contribution < 1.29 is 14.7 Å². The molecule has 0 radical (unpaired) electrons. The van der Waals surface area contributed by atoms with Crippen molar-refractivity contribution in [1.82, 2.24) is 5.32 Å². The molecule has 1 atom stereocenters. The molecule has 4 aliphatic carbocycles. The molecule has 21 heavy (non-hydrogen) atoms. The topological polar surface area (TPSA) is 66.4 Å². The minimum Gasteiger partial charge on any atom is -0.481 e. The number of carboxylic acid groups (broad SMARTS) is 1. The molecular weight excluding hydrogens is 266 g/mol. The fraction of sp³-hybridized carbons (Fsp3) is 0.882. The van der Waals surface area contributed by atoms with Crippen LogP contribution in [0.4, 0.5) is 0 Å². The summed E-state index contributed by atoms with van der Waals surface area (Å²) in [6.45, 7) is 4.07. The fourth-order valence-corrected chi connectivity index (χ4v) is 5.29. The van der Waals surface area contributed by atoms with E-state index in [1.165, 1.54) is 32.1 Å². The van der Waals surface area contributed by atoms with Crippen LogP contribution in [0.3, 0.4) is 0 Å². The summed E-state index contributed by atoms with van der Waals surface area (Å²) in [6.07, 6.45) is 6.26. The number of nitrogens with one attached hydrogen (secondary N) is 1. The second kappa shape index (κ2) is 5.62. The summed E-state index contributed by atoms with van der Waals surface area (Å²) in [6, 6.07) is 0. The number of aliphatic carboxylic acids is 1. The van der Waals surface area contributed by atoms with Crippen LogP contribution in [0.15, 0.2) is 0 Å². The van der Waals surface area contributed by atoms with Crippen molar-refractivity contribution in [1.29, 1.82) is 0 Å². The van der Waals surface area contributed by atoms with Crippen LogP contribution in [0.5, 0.6) is 0 Å². The van der Waals surface area contributed by atoms with Crippen LogP contribution in [0.2, 0.25) is 0 Å². The molecule has 1 amide bonds. The minimum atomic E-state index is -0.810. The van der Waals surface area contributed by atoms with E-state index >= 15 is 0 Å². The molecule has 0 aliphatic heterocycles. The van der Waals surface area contributed by atoms with E-state index in [2.05, 4.69) is 5.32 Å². The lowest BCUT2D eigenvalue weighted by Crippen LogP contribution is -2.51. The molecule has 0 aromatic carbocycles. The van der Waals surface area contributed by atoms with Gasteiger partial charge < -0.3 is 10.4 Å². The molecule has 4 aliphatic rings. The van der Waals surface area contributed by atoms with Gasteiger partial charge in [-0.1, -0.05) is 13.8 Å². The van der Waals surface area contributed by atoms with Crippen LogP contribution in [0, 0.1) is 41.4 Å². The average Bonchev–Trinajstić information content (AvgIpc) is 2.36. The van der Waals surface area contributed by atoms with Gasteiger partial charge in [-0.25, -0.2) is 0 Å². The molecule has 0 aromatic rings. The molecule has 4 rings (SSSR count). The molecule has 0 saturated heterocycles. The second-order valence-electron chi connectivity index (χ2n) is 7.89. The molecular formula is C17H27NO3. The highest BCUT2D eigenvalue weighted by Gasteiger charge is 2.50. The Kier molecular flexibility index (Phi) is 3.98. The van der Waals surface area contributed by atoms with Gasteiger partial charge >= 0.3 is 5.97 Å². The smallest absolute Gasteiger partial charge is 0.308 e. The number of rotatable bonds is 5. The number of carboxylic acids is 1. The standard InChI is InChI=1S/C17H27NO3/c1-9(2)14(17(20)21)8-18-16(19)15-12-4-10-3-11(6-12)7-13(15)5-10/h9-15H,3-8H2,1-2H3,(H,18,19)(H,20,21). The van der Waals surface area contributed by atoms with Crippen LogP contribution in [-0.4, -0.2) is 23.5 Å². The van der Waals surface area contributed by atoms with E-state index in [0.29, 0.717) is 11.8 Å².